The van der Waals surface area contributed by atoms with Gasteiger partial charge >= 0.3 is 5.97 Å². The van der Waals surface area contributed by atoms with Gasteiger partial charge in [0.2, 0.25) is 0 Å². The van der Waals surface area contributed by atoms with Crippen LogP contribution in [-0.2, 0) is 10.3 Å². The molecule has 0 aliphatic heterocycles. The lowest BCUT2D eigenvalue weighted by molar-refractivity contribution is -0.146. The molecular weight excluding hydrogens is 254 g/mol. The number of nitrogens with one attached hydrogen (secondary N) is 1. The molecule has 0 bridgehead atoms. The molecule has 0 aromatic heterocycles. The van der Waals surface area contributed by atoms with Crippen LogP contribution in [0.1, 0.15) is 5.56 Å². The number of aliphatic carboxylic acids is 1. The van der Waals surface area contributed by atoms with Gasteiger partial charge in [-0.2, -0.15) is 0 Å². The van der Waals surface area contributed by atoms with Crippen LogP contribution < -0.4 is 10.1 Å². The van der Waals surface area contributed by atoms with Crippen molar-refractivity contribution in [2.24, 2.45) is 0 Å². The van der Waals surface area contributed by atoms with Crippen LogP contribution in [-0.4, -0.2) is 24.7 Å². The third kappa shape index (κ3) is 2.81. The molecule has 0 fully saturated rings. The number of ether oxygens (including phenoxy) is 1. The van der Waals surface area contributed by atoms with Crippen molar-refractivity contribution in [3.8, 4) is 5.75 Å². The van der Waals surface area contributed by atoms with E-state index in [-0.39, 0.29) is 6.61 Å². The minimum absolute atomic E-state index is 0.00681. The highest BCUT2D eigenvalue weighted by molar-refractivity contribution is 5.81. The summed E-state index contributed by atoms with van der Waals surface area (Å²) in [7, 11) is 1.62. The Bertz CT molecular complexity index is 556. The van der Waals surface area contributed by atoms with E-state index >= 15 is 0 Å². The first-order valence-electron chi connectivity index (χ1n) is 6.35. The van der Waals surface area contributed by atoms with E-state index in [0.717, 1.165) is 0 Å². The Morgan fingerprint density at radius 1 is 1.10 bits per heavy atom. The minimum atomic E-state index is -1.27. The van der Waals surface area contributed by atoms with Crippen LogP contribution in [0.4, 0.5) is 0 Å². The Balaban J connectivity index is 2.26. The SMILES string of the molecule is CNC(COc1ccccc1)(C(=O)O)c1ccccc1. The van der Waals surface area contributed by atoms with Gasteiger partial charge in [0.1, 0.15) is 12.4 Å². The number of hydrogen-bond acceptors (Lipinski definition) is 3. The normalized spacial score (nSPS) is 13.4. The summed E-state index contributed by atoms with van der Waals surface area (Å²) in [6, 6.07) is 18.2. The van der Waals surface area contributed by atoms with Gasteiger partial charge < -0.3 is 9.84 Å². The lowest BCUT2D eigenvalue weighted by Crippen LogP contribution is -2.52. The summed E-state index contributed by atoms with van der Waals surface area (Å²) in [6.07, 6.45) is 0. The highest BCUT2D eigenvalue weighted by atomic mass is 16.5. The average Bonchev–Trinajstić information content (AvgIpc) is 2.50. The first kappa shape index (κ1) is 14.1. The highest BCUT2D eigenvalue weighted by Crippen LogP contribution is 2.23. The smallest absolute Gasteiger partial charge is 0.332 e. The average molecular weight is 271 g/mol. The fourth-order valence-corrected chi connectivity index (χ4v) is 2.02. The van der Waals surface area contributed by atoms with Crippen molar-refractivity contribution in [2.75, 3.05) is 13.7 Å². The van der Waals surface area contributed by atoms with Crippen molar-refractivity contribution in [3.05, 3.63) is 66.2 Å². The molecule has 0 spiro atoms. The Morgan fingerprint density at radius 2 is 1.65 bits per heavy atom. The third-order valence-electron chi connectivity index (χ3n) is 3.26. The Kier molecular flexibility index (Phi) is 4.38. The van der Waals surface area contributed by atoms with Gasteiger partial charge in [-0.3, -0.25) is 5.32 Å². The van der Waals surface area contributed by atoms with Crippen molar-refractivity contribution in [2.45, 2.75) is 5.54 Å². The molecule has 0 saturated heterocycles. The van der Waals surface area contributed by atoms with Gasteiger partial charge in [-0.15, -0.1) is 0 Å². The maximum atomic E-state index is 11.7. The summed E-state index contributed by atoms with van der Waals surface area (Å²) < 4.78 is 5.63. The first-order chi connectivity index (χ1) is 9.69. The first-order valence-corrected chi connectivity index (χ1v) is 6.35. The molecule has 0 saturated carbocycles. The molecule has 2 aromatic carbocycles. The molecule has 104 valence electrons. The van der Waals surface area contributed by atoms with Crippen LogP contribution in [0.3, 0.4) is 0 Å². The van der Waals surface area contributed by atoms with Crippen molar-refractivity contribution in [3.63, 3.8) is 0 Å². The van der Waals surface area contributed by atoms with E-state index in [1.807, 2.05) is 36.4 Å². The van der Waals surface area contributed by atoms with E-state index in [0.29, 0.717) is 11.3 Å². The lowest BCUT2D eigenvalue weighted by atomic mass is 9.91. The van der Waals surface area contributed by atoms with Gasteiger partial charge in [0, 0.05) is 0 Å². The number of hydrogen-bond donors (Lipinski definition) is 2. The topological polar surface area (TPSA) is 58.6 Å². The van der Waals surface area contributed by atoms with Gasteiger partial charge in [0.05, 0.1) is 0 Å². The molecule has 2 rings (SSSR count). The van der Waals surface area contributed by atoms with Crippen LogP contribution in [0, 0.1) is 0 Å². The third-order valence-corrected chi connectivity index (χ3v) is 3.26. The summed E-state index contributed by atoms with van der Waals surface area (Å²) in [5.74, 6) is -0.327. The van der Waals surface area contributed by atoms with Gasteiger partial charge in [-0.25, -0.2) is 4.79 Å². The lowest BCUT2D eigenvalue weighted by Gasteiger charge is -2.29. The standard InChI is InChI=1S/C16H17NO3/c1-17-16(15(18)19,13-8-4-2-5-9-13)12-20-14-10-6-3-7-11-14/h2-11,17H,12H2,1H3,(H,18,19). The molecule has 0 aliphatic carbocycles. The van der Waals surface area contributed by atoms with Crippen LogP contribution in [0.25, 0.3) is 0 Å². The van der Waals surface area contributed by atoms with Crippen LogP contribution in [0.5, 0.6) is 5.75 Å². The highest BCUT2D eigenvalue weighted by Gasteiger charge is 2.40. The Hall–Kier alpha value is -2.33. The Labute approximate surface area is 118 Å². The summed E-state index contributed by atoms with van der Waals surface area (Å²) in [4.78, 5) is 11.7. The van der Waals surface area contributed by atoms with E-state index in [2.05, 4.69) is 5.32 Å². The molecule has 0 heterocycles. The predicted molar refractivity (Wildman–Crippen MR) is 76.8 cm³/mol. The number of para-hydroxylation sites is 1. The quantitative estimate of drug-likeness (QED) is 0.846. The number of benzene rings is 2. The van der Waals surface area contributed by atoms with Crippen LogP contribution in [0.2, 0.25) is 0 Å². The van der Waals surface area contributed by atoms with Gasteiger partial charge in [-0.1, -0.05) is 48.5 Å². The fraction of sp³-hybridized carbons (Fsp3) is 0.188. The molecule has 2 N–H and O–H groups in total. The second kappa shape index (κ2) is 6.21. The number of carboxylic acid groups (broad SMARTS) is 1. The van der Waals surface area contributed by atoms with E-state index in [9.17, 15) is 9.90 Å². The summed E-state index contributed by atoms with van der Waals surface area (Å²) in [5, 5.41) is 12.5. The second-order valence-corrected chi connectivity index (χ2v) is 4.43. The maximum absolute atomic E-state index is 11.7. The molecule has 20 heavy (non-hydrogen) atoms. The predicted octanol–water partition coefficient (Wildman–Crippen LogP) is 2.26. The van der Waals surface area contributed by atoms with Gasteiger partial charge in [-0.05, 0) is 24.7 Å². The van der Waals surface area contributed by atoms with E-state index in [1.54, 1.807) is 31.3 Å². The van der Waals surface area contributed by atoms with Crippen molar-refractivity contribution < 1.29 is 14.6 Å². The van der Waals surface area contributed by atoms with Crippen molar-refractivity contribution >= 4 is 5.97 Å². The second-order valence-electron chi connectivity index (χ2n) is 4.43. The molecule has 4 heteroatoms. The largest absolute Gasteiger partial charge is 0.491 e. The molecule has 2 aromatic rings. The number of rotatable bonds is 6. The van der Waals surface area contributed by atoms with Crippen molar-refractivity contribution in [1.29, 1.82) is 0 Å². The number of carboxylic acids is 1. The monoisotopic (exact) mass is 271 g/mol. The maximum Gasteiger partial charge on any atom is 0.332 e. The Morgan fingerprint density at radius 3 is 2.15 bits per heavy atom. The van der Waals surface area contributed by atoms with E-state index in [4.69, 9.17) is 4.74 Å². The van der Waals surface area contributed by atoms with Crippen molar-refractivity contribution in [1.82, 2.24) is 5.32 Å². The summed E-state index contributed by atoms with van der Waals surface area (Å²) in [5.41, 5.74) is -0.608. The molecule has 4 nitrogen and oxygen atoms in total. The summed E-state index contributed by atoms with van der Waals surface area (Å²) in [6.45, 7) is 0.00681. The van der Waals surface area contributed by atoms with Crippen LogP contribution in [0.15, 0.2) is 60.7 Å². The van der Waals surface area contributed by atoms with E-state index < -0.39 is 11.5 Å². The molecule has 0 amide bonds. The molecule has 0 radical (unpaired) electrons. The summed E-state index contributed by atoms with van der Waals surface area (Å²) >= 11 is 0. The molecule has 0 aliphatic rings. The molecule has 1 atom stereocenters. The number of carbonyl (C=O) groups is 1. The van der Waals surface area contributed by atoms with Gasteiger partial charge in [0.15, 0.2) is 5.54 Å². The minimum Gasteiger partial charge on any atom is -0.491 e. The zero-order chi connectivity index (χ0) is 14.4. The van der Waals surface area contributed by atoms with Crippen LogP contribution >= 0.6 is 0 Å². The zero-order valence-corrected chi connectivity index (χ0v) is 11.2. The van der Waals surface area contributed by atoms with Gasteiger partial charge in [0.25, 0.3) is 0 Å². The molecule has 1 unspecified atom stereocenters. The fourth-order valence-electron chi connectivity index (χ4n) is 2.02. The van der Waals surface area contributed by atoms with E-state index in [1.165, 1.54) is 0 Å². The molecular formula is C16H17NO3. The zero-order valence-electron chi connectivity index (χ0n) is 11.2. The number of likely N-dealkylation sites (N-methyl/N-ethyl adjacent to an activating group) is 1.